The molecule has 0 amide bonds. The number of nitrogens with one attached hydrogen (secondary N) is 1. The summed E-state index contributed by atoms with van der Waals surface area (Å²) in [7, 11) is 1.82. The largest absolute Gasteiger partial charge is 0.422 e. The first-order chi connectivity index (χ1) is 16.2. The zero-order valence-corrected chi connectivity index (χ0v) is 18.4. The Morgan fingerprint density at radius 2 is 1.48 bits per heavy atom. The van der Waals surface area contributed by atoms with Gasteiger partial charge in [0.25, 0.3) is 0 Å². The zero-order valence-electron chi connectivity index (χ0n) is 18.4. The van der Waals surface area contributed by atoms with E-state index in [0.717, 1.165) is 34.2 Å². The van der Waals surface area contributed by atoms with Crippen molar-refractivity contribution in [3.05, 3.63) is 94.8 Å². The van der Waals surface area contributed by atoms with Gasteiger partial charge in [0.05, 0.1) is 0 Å². The van der Waals surface area contributed by atoms with E-state index < -0.39 is 5.63 Å². The highest BCUT2D eigenvalue weighted by molar-refractivity contribution is 5.83. The van der Waals surface area contributed by atoms with E-state index >= 15 is 0 Å². The molecule has 0 saturated carbocycles. The fraction of sp³-hybridized carbons (Fsp3) is 0.111. The third-order valence-electron chi connectivity index (χ3n) is 5.57. The van der Waals surface area contributed by atoms with Crippen LogP contribution in [0.1, 0.15) is 12.5 Å². The maximum atomic E-state index is 13.0. The van der Waals surface area contributed by atoms with Gasteiger partial charge in [0.2, 0.25) is 0 Å². The highest BCUT2D eigenvalue weighted by Gasteiger charge is 2.17. The van der Waals surface area contributed by atoms with Gasteiger partial charge in [0.15, 0.2) is 17.5 Å². The number of hydrogen-bond donors (Lipinski definition) is 1. The van der Waals surface area contributed by atoms with Crippen molar-refractivity contribution in [3.8, 4) is 34.2 Å². The lowest BCUT2D eigenvalue weighted by molar-refractivity contribution is 0.563. The molecule has 0 atom stereocenters. The molecule has 33 heavy (non-hydrogen) atoms. The van der Waals surface area contributed by atoms with Crippen LogP contribution in [0, 0.1) is 0 Å². The smallest absolute Gasteiger partial charge is 0.347 e. The van der Waals surface area contributed by atoms with Gasteiger partial charge in [0.1, 0.15) is 11.1 Å². The molecule has 0 aliphatic rings. The van der Waals surface area contributed by atoms with Gasteiger partial charge in [-0.15, -0.1) is 0 Å². The van der Waals surface area contributed by atoms with Crippen LogP contribution in [0.5, 0.6) is 0 Å². The summed E-state index contributed by atoms with van der Waals surface area (Å²) in [5.41, 5.74) is 4.07. The van der Waals surface area contributed by atoms with Crippen molar-refractivity contribution < 1.29 is 4.42 Å². The molecule has 0 spiro atoms. The number of nitrogens with zero attached hydrogens (tertiary/aromatic N) is 3. The first kappa shape index (κ1) is 20.6. The highest BCUT2D eigenvalue weighted by Crippen LogP contribution is 2.27. The number of hydrogen-bond acceptors (Lipinski definition) is 6. The lowest BCUT2D eigenvalue weighted by Crippen LogP contribution is -2.08. The molecule has 0 saturated heterocycles. The first-order valence-corrected chi connectivity index (χ1v) is 10.8. The van der Waals surface area contributed by atoms with Crippen LogP contribution in [0.15, 0.2) is 88.1 Å². The van der Waals surface area contributed by atoms with Gasteiger partial charge in [-0.05, 0) is 30.2 Å². The zero-order chi connectivity index (χ0) is 22.8. The number of rotatable bonds is 5. The van der Waals surface area contributed by atoms with E-state index in [0.29, 0.717) is 22.8 Å². The Hall–Kier alpha value is -4.32. The van der Waals surface area contributed by atoms with Gasteiger partial charge in [-0.1, -0.05) is 61.5 Å². The van der Waals surface area contributed by atoms with E-state index in [9.17, 15) is 4.79 Å². The topological polar surface area (TPSA) is 80.9 Å². The van der Waals surface area contributed by atoms with E-state index in [4.69, 9.17) is 14.4 Å². The summed E-state index contributed by atoms with van der Waals surface area (Å²) in [6, 6.07) is 25.1. The van der Waals surface area contributed by atoms with E-state index in [1.54, 1.807) is 12.1 Å². The van der Waals surface area contributed by atoms with Crippen molar-refractivity contribution in [1.82, 2.24) is 15.0 Å². The fourth-order valence-electron chi connectivity index (χ4n) is 3.80. The minimum Gasteiger partial charge on any atom is -0.422 e. The van der Waals surface area contributed by atoms with Crippen molar-refractivity contribution in [2.75, 3.05) is 12.4 Å². The second kappa shape index (κ2) is 8.67. The summed E-state index contributed by atoms with van der Waals surface area (Å²) in [5.74, 6) is 1.32. The molecular weight excluding hydrogens is 412 g/mol. The normalized spacial score (nSPS) is 11.0. The molecule has 0 radical (unpaired) electrons. The molecule has 0 aliphatic carbocycles. The van der Waals surface area contributed by atoms with Crippen molar-refractivity contribution in [1.29, 1.82) is 0 Å². The maximum Gasteiger partial charge on any atom is 0.347 e. The van der Waals surface area contributed by atoms with Crippen LogP contribution < -0.4 is 10.9 Å². The summed E-state index contributed by atoms with van der Waals surface area (Å²) in [5, 5.41) is 3.84. The van der Waals surface area contributed by atoms with E-state index in [1.807, 2.05) is 67.7 Å². The lowest BCUT2D eigenvalue weighted by Gasteiger charge is -2.10. The van der Waals surface area contributed by atoms with Crippen LogP contribution in [-0.4, -0.2) is 22.0 Å². The molecule has 2 heterocycles. The molecule has 2 aromatic heterocycles. The average molecular weight is 434 g/mol. The predicted octanol–water partition coefficient (Wildman–Crippen LogP) is 5.58. The van der Waals surface area contributed by atoms with E-state index in [1.165, 1.54) is 0 Å². The van der Waals surface area contributed by atoms with Crippen LogP contribution in [0.3, 0.4) is 0 Å². The van der Waals surface area contributed by atoms with Gasteiger partial charge >= 0.3 is 5.63 Å². The van der Waals surface area contributed by atoms with Crippen LogP contribution in [0.25, 0.3) is 45.1 Å². The van der Waals surface area contributed by atoms with E-state index in [-0.39, 0.29) is 5.82 Å². The lowest BCUT2D eigenvalue weighted by atomic mass is 10.0. The minimum absolute atomic E-state index is 0.290. The van der Waals surface area contributed by atoms with Gasteiger partial charge in [-0.25, -0.2) is 19.7 Å². The minimum atomic E-state index is -0.490. The Morgan fingerprint density at radius 1 is 0.788 bits per heavy atom. The van der Waals surface area contributed by atoms with Crippen molar-refractivity contribution in [2.24, 2.45) is 0 Å². The summed E-state index contributed by atoms with van der Waals surface area (Å²) in [6.07, 6.45) is 0.837. The second-order valence-corrected chi connectivity index (χ2v) is 7.63. The molecule has 162 valence electrons. The SMILES string of the molecule is CCc1ccccc1-c1nc(-c2ccccc2)nc(-c2cc3ccc(NC)cc3oc2=O)n1. The van der Waals surface area contributed by atoms with Crippen molar-refractivity contribution in [2.45, 2.75) is 13.3 Å². The van der Waals surface area contributed by atoms with Crippen molar-refractivity contribution in [3.63, 3.8) is 0 Å². The molecule has 3 aromatic carbocycles. The van der Waals surface area contributed by atoms with Crippen molar-refractivity contribution >= 4 is 16.7 Å². The molecule has 0 unspecified atom stereocenters. The summed E-state index contributed by atoms with van der Waals surface area (Å²) in [4.78, 5) is 27.1. The third-order valence-corrected chi connectivity index (χ3v) is 5.57. The molecule has 5 aromatic rings. The quantitative estimate of drug-likeness (QED) is 0.364. The van der Waals surface area contributed by atoms with Crippen LogP contribution >= 0.6 is 0 Å². The number of anilines is 1. The molecule has 0 aliphatic heterocycles. The van der Waals surface area contributed by atoms with Gasteiger partial charge in [-0.3, -0.25) is 0 Å². The fourth-order valence-corrected chi connectivity index (χ4v) is 3.80. The number of fused-ring (bicyclic) bond motifs is 1. The second-order valence-electron chi connectivity index (χ2n) is 7.63. The van der Waals surface area contributed by atoms with Gasteiger partial charge in [0, 0.05) is 35.3 Å². The summed E-state index contributed by atoms with van der Waals surface area (Å²) in [6.45, 7) is 2.09. The van der Waals surface area contributed by atoms with Gasteiger partial charge in [-0.2, -0.15) is 0 Å². The molecular formula is C27H22N4O2. The Bertz CT molecular complexity index is 1510. The van der Waals surface area contributed by atoms with E-state index in [2.05, 4.69) is 23.3 Å². The monoisotopic (exact) mass is 434 g/mol. The molecule has 0 fully saturated rings. The average Bonchev–Trinajstić information content (AvgIpc) is 2.88. The van der Waals surface area contributed by atoms with Crippen LogP contribution in [-0.2, 0) is 6.42 Å². The Labute approximate surface area is 191 Å². The summed E-state index contributed by atoms with van der Waals surface area (Å²) < 4.78 is 5.63. The molecule has 5 rings (SSSR count). The number of aromatic nitrogens is 3. The molecule has 6 heteroatoms. The molecule has 6 nitrogen and oxygen atoms in total. The maximum absolute atomic E-state index is 13.0. The Morgan fingerprint density at radius 3 is 2.24 bits per heavy atom. The molecule has 0 bridgehead atoms. The first-order valence-electron chi connectivity index (χ1n) is 10.8. The third kappa shape index (κ3) is 3.99. The Balaban J connectivity index is 1.75. The Kier molecular flexibility index (Phi) is 5.40. The number of benzene rings is 3. The van der Waals surface area contributed by atoms with Crippen LogP contribution in [0.4, 0.5) is 5.69 Å². The highest BCUT2D eigenvalue weighted by atomic mass is 16.4. The van der Waals surface area contributed by atoms with Gasteiger partial charge < -0.3 is 9.73 Å². The molecule has 1 N–H and O–H groups in total. The van der Waals surface area contributed by atoms with Crippen LogP contribution in [0.2, 0.25) is 0 Å². The summed E-state index contributed by atoms with van der Waals surface area (Å²) >= 11 is 0. The standard InChI is InChI=1S/C27H22N4O2/c1-3-17-9-7-8-12-21(17)25-29-24(18-10-5-4-6-11-18)30-26(31-25)22-15-19-13-14-20(28-2)16-23(19)33-27(22)32/h4-16,28H,3H2,1-2H3. The number of aryl methyl sites for hydroxylation is 1. The predicted molar refractivity (Wildman–Crippen MR) is 131 cm³/mol.